The molecule has 1 unspecified atom stereocenters. The predicted octanol–water partition coefficient (Wildman–Crippen LogP) is 1.97. The third kappa shape index (κ3) is 2.01. The molecule has 3 heteroatoms. The van der Waals surface area contributed by atoms with Crippen LogP contribution in [0.1, 0.15) is 24.0 Å². The molecule has 0 saturated heterocycles. The van der Waals surface area contributed by atoms with E-state index in [9.17, 15) is 5.11 Å². The summed E-state index contributed by atoms with van der Waals surface area (Å²) in [6.45, 7) is 0. The first-order valence-electron chi connectivity index (χ1n) is 4.57. The Bertz CT molecular complexity index is 314. The number of hydrogen-bond donors (Lipinski definition) is 1. The van der Waals surface area contributed by atoms with E-state index < -0.39 is 0 Å². The third-order valence-electron chi connectivity index (χ3n) is 2.54. The second kappa shape index (κ2) is 3.64. The van der Waals surface area contributed by atoms with Crippen molar-refractivity contribution in [3.05, 3.63) is 28.5 Å². The summed E-state index contributed by atoms with van der Waals surface area (Å²) < 4.78 is 0. The largest absolute Gasteiger partial charge is 0.393 e. The van der Waals surface area contributed by atoms with Crippen molar-refractivity contribution in [1.29, 1.82) is 0 Å². The highest BCUT2D eigenvalue weighted by Gasteiger charge is 2.14. The Morgan fingerprint density at radius 3 is 2.77 bits per heavy atom. The molecule has 0 bridgehead atoms. The molecule has 0 spiro atoms. The standard InChI is InChI=1S/C10H12ClNO/c11-10-5-7-1-3-9(13)4-2-8(7)6-12-10/h5-6,9,13H,1-4H2. The second-order valence-corrected chi connectivity index (χ2v) is 3.89. The van der Waals surface area contributed by atoms with Crippen LogP contribution >= 0.6 is 11.6 Å². The van der Waals surface area contributed by atoms with Gasteiger partial charge in [-0.05, 0) is 42.9 Å². The predicted molar refractivity (Wildman–Crippen MR) is 51.9 cm³/mol. The van der Waals surface area contributed by atoms with Gasteiger partial charge in [-0.15, -0.1) is 0 Å². The number of nitrogens with zero attached hydrogens (tertiary/aromatic N) is 1. The summed E-state index contributed by atoms with van der Waals surface area (Å²) in [5, 5.41) is 10.0. The van der Waals surface area contributed by atoms with Crippen LogP contribution in [-0.4, -0.2) is 16.2 Å². The van der Waals surface area contributed by atoms with Gasteiger partial charge in [-0.1, -0.05) is 11.6 Å². The molecule has 1 atom stereocenters. The van der Waals surface area contributed by atoms with Gasteiger partial charge >= 0.3 is 0 Å². The molecule has 2 nitrogen and oxygen atoms in total. The lowest BCUT2D eigenvalue weighted by molar-refractivity contribution is 0.158. The van der Waals surface area contributed by atoms with Gasteiger partial charge in [-0.25, -0.2) is 4.98 Å². The van der Waals surface area contributed by atoms with Crippen molar-refractivity contribution in [2.45, 2.75) is 31.8 Å². The van der Waals surface area contributed by atoms with E-state index >= 15 is 0 Å². The average molecular weight is 198 g/mol. The van der Waals surface area contributed by atoms with Gasteiger partial charge in [-0.3, -0.25) is 0 Å². The highest BCUT2D eigenvalue weighted by Crippen LogP contribution is 2.22. The molecule has 0 amide bonds. The monoisotopic (exact) mass is 197 g/mol. The molecule has 2 rings (SSSR count). The maximum absolute atomic E-state index is 9.48. The third-order valence-corrected chi connectivity index (χ3v) is 2.75. The normalized spacial score (nSPS) is 22.2. The minimum absolute atomic E-state index is 0.161. The number of aryl methyl sites for hydroxylation is 2. The quantitative estimate of drug-likeness (QED) is 0.510. The Morgan fingerprint density at radius 2 is 2.00 bits per heavy atom. The maximum atomic E-state index is 9.48. The maximum Gasteiger partial charge on any atom is 0.129 e. The summed E-state index contributed by atoms with van der Waals surface area (Å²) >= 11 is 5.79. The lowest BCUT2D eigenvalue weighted by Gasteiger charge is -2.03. The van der Waals surface area contributed by atoms with Gasteiger partial charge < -0.3 is 5.11 Å². The first kappa shape index (κ1) is 8.97. The molecule has 0 radical (unpaired) electrons. The summed E-state index contributed by atoms with van der Waals surface area (Å²) in [6, 6.07) is 1.91. The second-order valence-electron chi connectivity index (χ2n) is 3.51. The van der Waals surface area contributed by atoms with Gasteiger partial charge in [0.05, 0.1) is 6.10 Å². The molecule has 1 aliphatic rings. The van der Waals surface area contributed by atoms with Gasteiger partial charge in [0.15, 0.2) is 0 Å². The molecule has 1 heterocycles. The number of pyridine rings is 1. The van der Waals surface area contributed by atoms with Crippen molar-refractivity contribution in [3.8, 4) is 0 Å². The lowest BCUT2D eigenvalue weighted by Crippen LogP contribution is -2.05. The van der Waals surface area contributed by atoms with Crippen LogP contribution in [0.4, 0.5) is 0 Å². The smallest absolute Gasteiger partial charge is 0.129 e. The van der Waals surface area contributed by atoms with Crippen molar-refractivity contribution in [2.75, 3.05) is 0 Å². The van der Waals surface area contributed by atoms with Crippen molar-refractivity contribution in [1.82, 2.24) is 4.98 Å². The topological polar surface area (TPSA) is 33.1 Å². The Morgan fingerprint density at radius 1 is 1.31 bits per heavy atom. The molecule has 0 aromatic carbocycles. The molecule has 1 aromatic rings. The molecule has 1 aromatic heterocycles. The Hall–Kier alpha value is -0.600. The SMILES string of the molecule is OC1CCc2cnc(Cl)cc2CC1. The van der Waals surface area contributed by atoms with E-state index in [-0.39, 0.29) is 6.10 Å². The number of aliphatic hydroxyl groups excluding tert-OH is 1. The molecule has 13 heavy (non-hydrogen) atoms. The Balaban J connectivity index is 2.30. The minimum atomic E-state index is -0.161. The minimum Gasteiger partial charge on any atom is -0.393 e. The molecular formula is C10H12ClNO. The van der Waals surface area contributed by atoms with Gasteiger partial charge in [0.2, 0.25) is 0 Å². The van der Waals surface area contributed by atoms with E-state index in [0.717, 1.165) is 25.7 Å². The highest BCUT2D eigenvalue weighted by atomic mass is 35.5. The van der Waals surface area contributed by atoms with Gasteiger partial charge in [0.1, 0.15) is 5.15 Å². The van der Waals surface area contributed by atoms with Crippen molar-refractivity contribution in [2.24, 2.45) is 0 Å². The van der Waals surface area contributed by atoms with Crippen LogP contribution in [-0.2, 0) is 12.8 Å². The summed E-state index contributed by atoms with van der Waals surface area (Å²) in [4.78, 5) is 4.04. The molecule has 0 aliphatic heterocycles. The zero-order valence-electron chi connectivity index (χ0n) is 7.33. The Labute approximate surface area is 82.6 Å². The van der Waals surface area contributed by atoms with Crippen molar-refractivity contribution >= 4 is 11.6 Å². The molecule has 0 fully saturated rings. The van der Waals surface area contributed by atoms with E-state index in [0.29, 0.717) is 5.15 Å². The van der Waals surface area contributed by atoms with E-state index in [1.165, 1.54) is 11.1 Å². The fourth-order valence-electron chi connectivity index (χ4n) is 1.74. The number of rotatable bonds is 0. The summed E-state index contributed by atoms with van der Waals surface area (Å²) in [7, 11) is 0. The average Bonchev–Trinajstić information content (AvgIpc) is 2.29. The number of aliphatic hydroxyl groups is 1. The molecule has 70 valence electrons. The fourth-order valence-corrected chi connectivity index (χ4v) is 1.92. The van der Waals surface area contributed by atoms with E-state index in [2.05, 4.69) is 4.98 Å². The lowest BCUT2D eigenvalue weighted by atomic mass is 10.1. The zero-order chi connectivity index (χ0) is 9.26. The van der Waals surface area contributed by atoms with E-state index in [1.54, 1.807) is 0 Å². The molecule has 1 aliphatic carbocycles. The number of halogens is 1. The molecule has 1 N–H and O–H groups in total. The number of hydrogen-bond acceptors (Lipinski definition) is 2. The van der Waals surface area contributed by atoms with Gasteiger partial charge in [0.25, 0.3) is 0 Å². The number of aromatic nitrogens is 1. The van der Waals surface area contributed by atoms with Crippen LogP contribution in [0.2, 0.25) is 5.15 Å². The highest BCUT2D eigenvalue weighted by molar-refractivity contribution is 6.29. The molecular weight excluding hydrogens is 186 g/mol. The molecule has 0 saturated carbocycles. The van der Waals surface area contributed by atoms with Crippen LogP contribution in [0, 0.1) is 0 Å². The van der Waals surface area contributed by atoms with Crippen molar-refractivity contribution in [3.63, 3.8) is 0 Å². The number of fused-ring (bicyclic) bond motifs is 1. The van der Waals surface area contributed by atoms with E-state index in [4.69, 9.17) is 11.6 Å². The van der Waals surface area contributed by atoms with Crippen LogP contribution in [0.5, 0.6) is 0 Å². The summed E-state index contributed by atoms with van der Waals surface area (Å²) in [5.74, 6) is 0. The van der Waals surface area contributed by atoms with Crippen LogP contribution < -0.4 is 0 Å². The first-order chi connectivity index (χ1) is 6.25. The van der Waals surface area contributed by atoms with Crippen LogP contribution in [0.3, 0.4) is 0 Å². The Kier molecular flexibility index (Phi) is 2.51. The van der Waals surface area contributed by atoms with Crippen LogP contribution in [0.15, 0.2) is 12.3 Å². The first-order valence-corrected chi connectivity index (χ1v) is 4.95. The fraction of sp³-hybridized carbons (Fsp3) is 0.500. The van der Waals surface area contributed by atoms with Crippen LogP contribution in [0.25, 0.3) is 0 Å². The summed E-state index contributed by atoms with van der Waals surface area (Å²) in [5.41, 5.74) is 2.48. The van der Waals surface area contributed by atoms with Gasteiger partial charge in [-0.2, -0.15) is 0 Å². The summed E-state index contributed by atoms with van der Waals surface area (Å²) in [6.07, 6.45) is 5.19. The van der Waals surface area contributed by atoms with Crippen molar-refractivity contribution < 1.29 is 5.11 Å². The zero-order valence-corrected chi connectivity index (χ0v) is 8.09. The van der Waals surface area contributed by atoms with E-state index in [1.807, 2.05) is 12.3 Å². The van der Waals surface area contributed by atoms with Gasteiger partial charge in [0, 0.05) is 6.20 Å².